The van der Waals surface area contributed by atoms with E-state index in [9.17, 15) is 18.4 Å². The molecule has 5 nitrogen and oxygen atoms in total. The Morgan fingerprint density at radius 1 is 1.33 bits per heavy atom. The summed E-state index contributed by atoms with van der Waals surface area (Å²) in [7, 11) is 0. The Morgan fingerprint density at radius 3 is 2.62 bits per heavy atom. The van der Waals surface area contributed by atoms with Gasteiger partial charge in [0.2, 0.25) is 5.88 Å². The van der Waals surface area contributed by atoms with Gasteiger partial charge in [-0.1, -0.05) is 29.3 Å². The number of fused-ring (bicyclic) bond motifs is 1. The maximum Gasteiger partial charge on any atom is 0.431 e. The van der Waals surface area contributed by atoms with E-state index in [1.54, 1.807) is 0 Å². The lowest BCUT2D eigenvalue weighted by Gasteiger charge is -2.34. The summed E-state index contributed by atoms with van der Waals surface area (Å²) in [4.78, 5) is 0. The molecule has 24 heavy (non-hydrogen) atoms. The van der Waals surface area contributed by atoms with Gasteiger partial charge >= 0.3 is 6.18 Å². The fraction of sp³-hybridized carbons (Fsp3) is 0.286. The summed E-state index contributed by atoms with van der Waals surface area (Å²) < 4.78 is 45.1. The lowest BCUT2D eigenvalue weighted by molar-refractivity contribution is -0.0661. The fourth-order valence-electron chi connectivity index (χ4n) is 2.88. The first-order valence-corrected chi connectivity index (χ1v) is 7.41. The van der Waals surface area contributed by atoms with E-state index in [1.807, 2.05) is 6.07 Å². The van der Waals surface area contributed by atoms with Crippen molar-refractivity contribution in [3.8, 4) is 6.07 Å². The number of alkyl halides is 3. The quantitative estimate of drug-likeness (QED) is 0.787. The molecule has 3 rings (SSSR count). The first-order chi connectivity index (χ1) is 11.2. The number of ether oxygens (including phenoxy) is 1. The number of halogens is 5. The summed E-state index contributed by atoms with van der Waals surface area (Å²) in [5.41, 5.74) is 7.05. The van der Waals surface area contributed by atoms with Crippen LogP contribution in [-0.2, 0) is 4.74 Å². The van der Waals surface area contributed by atoms with Gasteiger partial charge in [0, 0.05) is 16.0 Å². The van der Waals surface area contributed by atoms with Crippen molar-refractivity contribution in [1.29, 1.82) is 5.26 Å². The molecule has 2 aliphatic heterocycles. The summed E-state index contributed by atoms with van der Waals surface area (Å²) in [5.74, 6) is -2.62. The van der Waals surface area contributed by atoms with Gasteiger partial charge in [-0.2, -0.15) is 23.5 Å². The Kier molecular flexibility index (Phi) is 4.01. The second-order valence-electron chi connectivity index (χ2n) is 5.22. The van der Waals surface area contributed by atoms with Crippen molar-refractivity contribution < 1.29 is 17.9 Å². The van der Waals surface area contributed by atoms with Crippen LogP contribution < -0.4 is 11.2 Å². The normalized spacial score (nSPS) is 26.2. The molecule has 0 fully saturated rings. The van der Waals surface area contributed by atoms with E-state index in [1.165, 1.54) is 18.2 Å². The van der Waals surface area contributed by atoms with Gasteiger partial charge in [0.1, 0.15) is 6.07 Å². The topological polar surface area (TPSA) is 83.4 Å². The van der Waals surface area contributed by atoms with E-state index in [4.69, 9.17) is 33.7 Å². The standard InChI is InChI=1S/C14H9Cl2F3N4O/c15-5-1-2-6(8(16)3-5)9-7(4-20)12(21)24-13-10(9)11(22-23-13)14(17,18)19/h1-3,9-10,13,23H,21H2/t9-,10-,13+/m1/s1. The molecule has 0 saturated carbocycles. The number of hydrogen-bond acceptors (Lipinski definition) is 5. The van der Waals surface area contributed by atoms with Crippen LogP contribution >= 0.6 is 23.2 Å². The van der Waals surface area contributed by atoms with Crippen LogP contribution in [-0.4, -0.2) is 18.1 Å². The molecular formula is C14H9Cl2F3N4O. The molecule has 3 N–H and O–H groups in total. The molecule has 0 amide bonds. The predicted molar refractivity (Wildman–Crippen MR) is 81.0 cm³/mol. The Labute approximate surface area is 144 Å². The molecule has 126 valence electrons. The average molecular weight is 377 g/mol. The second kappa shape index (κ2) is 5.76. The number of nitrogens with two attached hydrogens (primary N) is 1. The first kappa shape index (κ1) is 16.7. The number of hydrogen-bond donors (Lipinski definition) is 2. The van der Waals surface area contributed by atoms with Crippen molar-refractivity contribution in [2.75, 3.05) is 0 Å². The van der Waals surface area contributed by atoms with Crippen LogP contribution in [0.1, 0.15) is 11.5 Å². The molecule has 0 unspecified atom stereocenters. The van der Waals surface area contributed by atoms with Crippen molar-refractivity contribution in [1.82, 2.24) is 5.43 Å². The number of nitriles is 1. The van der Waals surface area contributed by atoms with Gasteiger partial charge in [0.15, 0.2) is 11.9 Å². The predicted octanol–water partition coefficient (Wildman–Crippen LogP) is 3.26. The lowest BCUT2D eigenvalue weighted by atomic mass is 9.76. The number of benzene rings is 1. The molecule has 2 heterocycles. The molecule has 1 aromatic rings. The highest BCUT2D eigenvalue weighted by molar-refractivity contribution is 6.35. The minimum Gasteiger partial charge on any atom is -0.453 e. The summed E-state index contributed by atoms with van der Waals surface area (Å²) in [6.45, 7) is 0. The van der Waals surface area contributed by atoms with Gasteiger partial charge in [-0.25, -0.2) is 0 Å². The van der Waals surface area contributed by atoms with E-state index in [0.717, 1.165) is 0 Å². The molecule has 0 bridgehead atoms. The van der Waals surface area contributed by atoms with Gasteiger partial charge < -0.3 is 10.5 Å². The van der Waals surface area contributed by atoms with Gasteiger partial charge in [-0.15, -0.1) is 0 Å². The zero-order valence-electron chi connectivity index (χ0n) is 11.7. The zero-order chi connectivity index (χ0) is 17.6. The molecule has 0 aromatic heterocycles. The summed E-state index contributed by atoms with van der Waals surface area (Å²) >= 11 is 12.0. The Morgan fingerprint density at radius 2 is 2.04 bits per heavy atom. The van der Waals surface area contributed by atoms with Crippen molar-refractivity contribution in [3.05, 3.63) is 45.3 Å². The molecule has 0 radical (unpaired) electrons. The number of allylic oxidation sites excluding steroid dienone is 1. The average Bonchev–Trinajstić information content (AvgIpc) is 2.89. The van der Waals surface area contributed by atoms with Crippen LogP contribution in [0.3, 0.4) is 0 Å². The molecule has 0 aliphatic carbocycles. The van der Waals surface area contributed by atoms with Crippen molar-refractivity contribution in [3.63, 3.8) is 0 Å². The monoisotopic (exact) mass is 376 g/mol. The maximum atomic E-state index is 13.3. The highest BCUT2D eigenvalue weighted by Gasteiger charge is 2.55. The third-order valence-corrected chi connectivity index (χ3v) is 4.41. The molecule has 3 atom stereocenters. The van der Waals surface area contributed by atoms with Gasteiger partial charge in [0.05, 0.1) is 11.5 Å². The zero-order valence-corrected chi connectivity index (χ0v) is 13.2. The largest absolute Gasteiger partial charge is 0.453 e. The third-order valence-electron chi connectivity index (χ3n) is 3.85. The van der Waals surface area contributed by atoms with Crippen molar-refractivity contribution in [2.24, 2.45) is 16.8 Å². The van der Waals surface area contributed by atoms with Crippen LogP contribution in [0.25, 0.3) is 0 Å². The molecule has 2 aliphatic rings. The van der Waals surface area contributed by atoms with E-state index >= 15 is 0 Å². The summed E-state index contributed by atoms with van der Waals surface area (Å²) in [5, 5.41) is 13.1. The second-order valence-corrected chi connectivity index (χ2v) is 6.07. The number of nitrogens with one attached hydrogen (secondary N) is 1. The third kappa shape index (κ3) is 2.64. The summed E-state index contributed by atoms with van der Waals surface area (Å²) in [6, 6.07) is 6.15. The smallest absolute Gasteiger partial charge is 0.431 e. The highest BCUT2D eigenvalue weighted by atomic mass is 35.5. The summed E-state index contributed by atoms with van der Waals surface area (Å²) in [6.07, 6.45) is -5.84. The molecule has 0 saturated heterocycles. The van der Waals surface area contributed by atoms with Crippen LogP contribution in [0.5, 0.6) is 0 Å². The van der Waals surface area contributed by atoms with Crippen LogP contribution in [0.4, 0.5) is 13.2 Å². The highest BCUT2D eigenvalue weighted by Crippen LogP contribution is 2.46. The maximum absolute atomic E-state index is 13.3. The van der Waals surface area contributed by atoms with Crippen molar-refractivity contribution in [2.45, 2.75) is 18.3 Å². The molecular weight excluding hydrogens is 368 g/mol. The van der Waals surface area contributed by atoms with Crippen LogP contribution in [0, 0.1) is 17.2 Å². The SMILES string of the molecule is N#CC1=C(N)O[C@@H]2NN=C(C(F)(F)F)[C@H]2[C@@H]1c1ccc(Cl)cc1Cl. The van der Waals surface area contributed by atoms with Crippen LogP contribution in [0.2, 0.25) is 10.0 Å². The lowest BCUT2D eigenvalue weighted by Crippen LogP contribution is -2.45. The Bertz CT molecular complexity index is 800. The van der Waals surface area contributed by atoms with E-state index in [2.05, 4.69) is 10.5 Å². The van der Waals surface area contributed by atoms with E-state index in [0.29, 0.717) is 10.6 Å². The first-order valence-electron chi connectivity index (χ1n) is 6.65. The molecule has 1 aromatic carbocycles. The fourth-order valence-corrected chi connectivity index (χ4v) is 3.40. The Balaban J connectivity index is 2.18. The minimum absolute atomic E-state index is 0.127. The minimum atomic E-state index is -4.69. The van der Waals surface area contributed by atoms with Gasteiger partial charge in [-0.3, -0.25) is 5.43 Å². The Hall–Kier alpha value is -2.11. The van der Waals surface area contributed by atoms with E-state index < -0.39 is 30.0 Å². The van der Waals surface area contributed by atoms with Gasteiger partial charge in [0.25, 0.3) is 0 Å². The van der Waals surface area contributed by atoms with Crippen LogP contribution in [0.15, 0.2) is 34.8 Å². The molecule has 10 heteroatoms. The van der Waals surface area contributed by atoms with Crippen molar-refractivity contribution >= 4 is 28.9 Å². The number of nitrogens with zero attached hydrogens (tertiary/aromatic N) is 2. The van der Waals surface area contributed by atoms with Gasteiger partial charge in [-0.05, 0) is 17.7 Å². The van der Waals surface area contributed by atoms with E-state index in [-0.39, 0.29) is 16.5 Å². The molecule has 0 spiro atoms. The number of rotatable bonds is 1. The number of hydrazone groups is 1.